The van der Waals surface area contributed by atoms with Crippen LogP contribution in [-0.4, -0.2) is 49.8 Å². The van der Waals surface area contributed by atoms with Crippen LogP contribution in [0.3, 0.4) is 0 Å². The van der Waals surface area contributed by atoms with Crippen molar-refractivity contribution in [2.45, 2.75) is 43.7 Å². The minimum atomic E-state index is -0.0322. The maximum atomic E-state index is 6.34. The Morgan fingerprint density at radius 1 is 1.23 bits per heavy atom. The van der Waals surface area contributed by atoms with Crippen LogP contribution in [0.1, 0.15) is 31.2 Å². The molecule has 1 N–H and O–H groups in total. The van der Waals surface area contributed by atoms with Gasteiger partial charge in [0.15, 0.2) is 0 Å². The average Bonchev–Trinajstić information content (AvgIpc) is 2.58. The van der Waals surface area contributed by atoms with E-state index in [9.17, 15) is 0 Å². The van der Waals surface area contributed by atoms with Crippen molar-refractivity contribution in [1.82, 2.24) is 10.2 Å². The summed E-state index contributed by atoms with van der Waals surface area (Å²) in [7, 11) is 1.86. The van der Waals surface area contributed by atoms with Gasteiger partial charge >= 0.3 is 0 Å². The summed E-state index contributed by atoms with van der Waals surface area (Å²) < 4.78 is 5.98. The minimum Gasteiger partial charge on any atom is -0.378 e. The highest BCUT2D eigenvalue weighted by Gasteiger charge is 2.37. The average molecular weight is 323 g/mol. The molecule has 1 saturated heterocycles. The van der Waals surface area contributed by atoms with Crippen LogP contribution in [0.5, 0.6) is 0 Å². The monoisotopic (exact) mass is 322 g/mol. The lowest BCUT2D eigenvalue weighted by Gasteiger charge is -2.44. The van der Waals surface area contributed by atoms with Crippen LogP contribution in [0.2, 0.25) is 5.02 Å². The molecule has 0 bridgehead atoms. The molecule has 22 heavy (non-hydrogen) atoms. The van der Waals surface area contributed by atoms with E-state index >= 15 is 0 Å². The highest BCUT2D eigenvalue weighted by molar-refractivity contribution is 6.31. The van der Waals surface area contributed by atoms with Crippen LogP contribution in [0, 0.1) is 0 Å². The molecule has 2 aliphatic rings. The third-order valence-corrected chi connectivity index (χ3v) is 5.81. The van der Waals surface area contributed by atoms with Gasteiger partial charge in [0.2, 0.25) is 0 Å². The zero-order valence-electron chi connectivity index (χ0n) is 13.5. The van der Waals surface area contributed by atoms with Crippen LogP contribution in [-0.2, 0) is 11.2 Å². The van der Waals surface area contributed by atoms with Gasteiger partial charge in [0.25, 0.3) is 0 Å². The fourth-order valence-corrected chi connectivity index (χ4v) is 4.19. The molecule has 1 heterocycles. The van der Waals surface area contributed by atoms with E-state index in [4.69, 9.17) is 16.3 Å². The number of nitrogens with zero attached hydrogens (tertiary/aromatic N) is 1. The predicted molar refractivity (Wildman–Crippen MR) is 91.6 cm³/mol. The van der Waals surface area contributed by atoms with Crippen molar-refractivity contribution < 1.29 is 4.74 Å². The number of nitrogens with one attached hydrogen (secondary N) is 1. The van der Waals surface area contributed by atoms with Gasteiger partial charge in [0, 0.05) is 50.8 Å². The molecule has 1 aliphatic carbocycles. The first-order valence-electron chi connectivity index (χ1n) is 8.46. The highest BCUT2D eigenvalue weighted by atomic mass is 35.5. The summed E-state index contributed by atoms with van der Waals surface area (Å²) in [6, 6.07) is 8.90. The number of ether oxygens (including phenoxy) is 1. The SMILES string of the molecule is COC1(Cc2ccccc2Cl)CCC(N2CCNCC2)CC1. The molecular weight excluding hydrogens is 296 g/mol. The number of hydrogen-bond acceptors (Lipinski definition) is 3. The number of rotatable bonds is 4. The first kappa shape index (κ1) is 16.3. The van der Waals surface area contributed by atoms with Crippen LogP contribution in [0.4, 0.5) is 0 Å². The zero-order chi connectivity index (χ0) is 15.4. The molecule has 122 valence electrons. The Hall–Kier alpha value is -0.610. The zero-order valence-corrected chi connectivity index (χ0v) is 14.2. The molecule has 1 saturated carbocycles. The molecule has 1 aromatic carbocycles. The molecule has 0 spiro atoms. The smallest absolute Gasteiger partial charge is 0.0720 e. The molecule has 0 aromatic heterocycles. The summed E-state index contributed by atoms with van der Waals surface area (Å²) in [5.74, 6) is 0. The topological polar surface area (TPSA) is 24.5 Å². The quantitative estimate of drug-likeness (QED) is 0.922. The van der Waals surface area contributed by atoms with Crippen molar-refractivity contribution in [2.24, 2.45) is 0 Å². The molecule has 1 aliphatic heterocycles. The van der Waals surface area contributed by atoms with E-state index in [0.717, 1.165) is 43.4 Å². The first-order chi connectivity index (χ1) is 10.7. The third kappa shape index (κ3) is 3.65. The van der Waals surface area contributed by atoms with Crippen molar-refractivity contribution >= 4 is 11.6 Å². The van der Waals surface area contributed by atoms with Crippen LogP contribution >= 0.6 is 11.6 Å². The fraction of sp³-hybridized carbons (Fsp3) is 0.667. The summed E-state index contributed by atoms with van der Waals surface area (Å²) >= 11 is 6.34. The molecule has 1 aromatic rings. The second-order valence-corrected chi connectivity index (χ2v) is 7.08. The van der Waals surface area contributed by atoms with E-state index < -0.39 is 0 Å². The van der Waals surface area contributed by atoms with Gasteiger partial charge in [-0.3, -0.25) is 4.90 Å². The maximum Gasteiger partial charge on any atom is 0.0720 e. The van der Waals surface area contributed by atoms with Crippen LogP contribution in [0.15, 0.2) is 24.3 Å². The Kier molecular flexibility index (Phi) is 5.40. The summed E-state index contributed by atoms with van der Waals surface area (Å²) in [6.07, 6.45) is 5.65. The van der Waals surface area contributed by atoms with Crippen molar-refractivity contribution in [3.05, 3.63) is 34.9 Å². The molecule has 4 heteroatoms. The lowest BCUT2D eigenvalue weighted by atomic mass is 9.77. The summed E-state index contributed by atoms with van der Waals surface area (Å²) in [5.41, 5.74) is 1.18. The first-order valence-corrected chi connectivity index (χ1v) is 8.84. The number of benzene rings is 1. The Labute approximate surface area is 139 Å². The van der Waals surface area contributed by atoms with Gasteiger partial charge in [-0.05, 0) is 37.3 Å². The number of piperazine rings is 1. The number of methoxy groups -OCH3 is 1. The van der Waals surface area contributed by atoms with Crippen molar-refractivity contribution in [3.8, 4) is 0 Å². The molecule has 3 rings (SSSR count). The van der Waals surface area contributed by atoms with Gasteiger partial charge in [0.05, 0.1) is 5.60 Å². The van der Waals surface area contributed by atoms with Gasteiger partial charge in [-0.25, -0.2) is 0 Å². The maximum absolute atomic E-state index is 6.34. The highest BCUT2D eigenvalue weighted by Crippen LogP contribution is 2.37. The van der Waals surface area contributed by atoms with Gasteiger partial charge in [-0.15, -0.1) is 0 Å². The van der Waals surface area contributed by atoms with Crippen molar-refractivity contribution in [3.63, 3.8) is 0 Å². The van der Waals surface area contributed by atoms with Gasteiger partial charge < -0.3 is 10.1 Å². The minimum absolute atomic E-state index is 0.0322. The fourth-order valence-electron chi connectivity index (χ4n) is 3.98. The van der Waals surface area contributed by atoms with E-state index in [0.29, 0.717) is 0 Å². The Balaban J connectivity index is 1.62. The number of hydrogen-bond donors (Lipinski definition) is 1. The summed E-state index contributed by atoms with van der Waals surface area (Å²) in [6.45, 7) is 4.64. The van der Waals surface area contributed by atoms with Gasteiger partial charge in [0.1, 0.15) is 0 Å². The van der Waals surface area contributed by atoms with E-state index in [1.165, 1.54) is 31.5 Å². The van der Waals surface area contributed by atoms with Crippen LogP contribution in [0.25, 0.3) is 0 Å². The van der Waals surface area contributed by atoms with E-state index in [-0.39, 0.29) is 5.60 Å². The largest absolute Gasteiger partial charge is 0.378 e. The van der Waals surface area contributed by atoms with Crippen LogP contribution < -0.4 is 5.32 Å². The summed E-state index contributed by atoms with van der Waals surface area (Å²) in [5, 5.41) is 4.30. The number of halogens is 1. The lowest BCUT2D eigenvalue weighted by molar-refractivity contribution is -0.0560. The Morgan fingerprint density at radius 3 is 2.55 bits per heavy atom. The molecule has 0 unspecified atom stereocenters. The molecule has 3 nitrogen and oxygen atoms in total. The second kappa shape index (κ2) is 7.31. The van der Waals surface area contributed by atoms with Crippen molar-refractivity contribution in [2.75, 3.05) is 33.3 Å². The van der Waals surface area contributed by atoms with E-state index in [1.807, 2.05) is 19.2 Å². The molecule has 0 atom stereocenters. The molecular formula is C18H27ClN2O. The van der Waals surface area contributed by atoms with E-state index in [2.05, 4.69) is 22.3 Å². The second-order valence-electron chi connectivity index (χ2n) is 6.67. The molecule has 2 fully saturated rings. The molecule has 0 radical (unpaired) electrons. The van der Waals surface area contributed by atoms with Gasteiger partial charge in [-0.1, -0.05) is 29.8 Å². The standard InChI is InChI=1S/C18H27ClN2O/c1-22-18(14-15-4-2-3-5-17(15)19)8-6-16(7-9-18)21-12-10-20-11-13-21/h2-5,16,20H,6-14H2,1H3. The Bertz CT molecular complexity index is 480. The third-order valence-electron chi connectivity index (χ3n) is 5.44. The predicted octanol–water partition coefficient (Wildman–Crippen LogP) is 3.12. The van der Waals surface area contributed by atoms with Crippen molar-refractivity contribution in [1.29, 1.82) is 0 Å². The lowest BCUT2D eigenvalue weighted by Crippen LogP contribution is -2.51. The Morgan fingerprint density at radius 2 is 1.91 bits per heavy atom. The molecule has 0 amide bonds. The van der Waals surface area contributed by atoms with E-state index in [1.54, 1.807) is 0 Å². The summed E-state index contributed by atoms with van der Waals surface area (Å²) in [4.78, 5) is 2.66. The normalized spacial score (nSPS) is 30.4. The van der Waals surface area contributed by atoms with Gasteiger partial charge in [-0.2, -0.15) is 0 Å².